The van der Waals surface area contributed by atoms with Gasteiger partial charge in [0.2, 0.25) is 0 Å². The molecule has 22 heavy (non-hydrogen) atoms. The van der Waals surface area contributed by atoms with Gasteiger partial charge in [-0.25, -0.2) is 0 Å². The molecule has 5 heteroatoms. The van der Waals surface area contributed by atoms with E-state index in [2.05, 4.69) is 21.1 Å². The second kappa shape index (κ2) is 4.88. The third-order valence-corrected chi connectivity index (χ3v) is 5.49. The van der Waals surface area contributed by atoms with E-state index in [1.165, 1.54) is 44.3 Å². The van der Waals surface area contributed by atoms with Crippen LogP contribution < -0.4 is 0 Å². The molecular weight excluding hydrogens is 276 g/mol. The van der Waals surface area contributed by atoms with Crippen LogP contribution in [-0.4, -0.2) is 39.7 Å². The van der Waals surface area contributed by atoms with Crippen LogP contribution in [0.5, 0.6) is 0 Å². The Morgan fingerprint density at radius 3 is 2.73 bits per heavy atom. The summed E-state index contributed by atoms with van der Waals surface area (Å²) in [5, 5.41) is 4.30. The Balaban J connectivity index is 1.47. The molecule has 2 aromatic heterocycles. The highest BCUT2D eigenvalue weighted by atomic mass is 16.5. The molecule has 0 amide bonds. The van der Waals surface area contributed by atoms with E-state index in [4.69, 9.17) is 9.51 Å². The lowest BCUT2D eigenvalue weighted by molar-refractivity contribution is 0.0825. The van der Waals surface area contributed by atoms with Crippen molar-refractivity contribution in [1.29, 1.82) is 0 Å². The average molecular weight is 296 g/mol. The molecule has 6 rings (SSSR count). The molecule has 4 aliphatic rings. The third kappa shape index (κ3) is 2.07. The second-order valence-corrected chi connectivity index (χ2v) is 6.92. The summed E-state index contributed by atoms with van der Waals surface area (Å²) in [5.41, 5.74) is 2.16. The zero-order chi connectivity index (χ0) is 14.5. The van der Waals surface area contributed by atoms with Crippen LogP contribution in [0.2, 0.25) is 0 Å². The Hall–Kier alpha value is -1.75. The summed E-state index contributed by atoms with van der Waals surface area (Å²) < 4.78 is 5.59. The van der Waals surface area contributed by atoms with Crippen molar-refractivity contribution >= 4 is 0 Å². The van der Waals surface area contributed by atoms with Crippen molar-refractivity contribution in [3.63, 3.8) is 0 Å². The van der Waals surface area contributed by atoms with E-state index in [0.29, 0.717) is 17.7 Å². The monoisotopic (exact) mass is 296 g/mol. The minimum absolute atomic E-state index is 0.438. The molecular formula is C17H20N4O. The molecule has 1 aliphatic carbocycles. The van der Waals surface area contributed by atoms with Gasteiger partial charge >= 0.3 is 0 Å². The quantitative estimate of drug-likeness (QED) is 0.871. The van der Waals surface area contributed by atoms with Gasteiger partial charge in [-0.1, -0.05) is 11.2 Å². The summed E-state index contributed by atoms with van der Waals surface area (Å²) in [7, 11) is 0. The smallest absolute Gasteiger partial charge is 0.276 e. The molecule has 5 heterocycles. The third-order valence-electron chi connectivity index (χ3n) is 5.49. The summed E-state index contributed by atoms with van der Waals surface area (Å²) in [6, 6.07) is 4.15. The van der Waals surface area contributed by atoms with Crippen LogP contribution >= 0.6 is 0 Å². The zero-order valence-corrected chi connectivity index (χ0v) is 12.6. The first-order chi connectivity index (χ1) is 10.9. The summed E-state index contributed by atoms with van der Waals surface area (Å²) in [4.78, 5) is 11.8. The van der Waals surface area contributed by atoms with Gasteiger partial charge in [0.1, 0.15) is 5.69 Å². The molecule has 114 valence electrons. The summed E-state index contributed by atoms with van der Waals surface area (Å²) >= 11 is 0. The van der Waals surface area contributed by atoms with Crippen LogP contribution in [-0.2, 0) is 0 Å². The second-order valence-electron chi connectivity index (χ2n) is 6.92. The Morgan fingerprint density at radius 2 is 2.00 bits per heavy atom. The number of fused-ring (bicyclic) bond motifs is 3. The van der Waals surface area contributed by atoms with Gasteiger partial charge in [0.15, 0.2) is 5.82 Å². The van der Waals surface area contributed by atoms with Crippen LogP contribution in [0, 0.1) is 5.92 Å². The van der Waals surface area contributed by atoms with Gasteiger partial charge in [-0.3, -0.25) is 4.98 Å². The highest BCUT2D eigenvalue weighted by Crippen LogP contribution is 2.44. The van der Waals surface area contributed by atoms with Crippen molar-refractivity contribution in [2.45, 2.75) is 37.5 Å². The van der Waals surface area contributed by atoms with Gasteiger partial charge in [0.25, 0.3) is 5.89 Å². The van der Waals surface area contributed by atoms with Crippen molar-refractivity contribution in [3.05, 3.63) is 29.7 Å². The Morgan fingerprint density at radius 1 is 1.14 bits per heavy atom. The first-order valence-electron chi connectivity index (χ1n) is 8.40. The topological polar surface area (TPSA) is 55.1 Å². The van der Waals surface area contributed by atoms with Crippen LogP contribution in [0.1, 0.15) is 48.9 Å². The van der Waals surface area contributed by atoms with Crippen molar-refractivity contribution in [2.75, 3.05) is 19.6 Å². The lowest BCUT2D eigenvalue weighted by Gasteiger charge is -2.43. The fourth-order valence-corrected chi connectivity index (χ4v) is 4.06. The number of hydrogen-bond acceptors (Lipinski definition) is 5. The fraction of sp³-hybridized carbons (Fsp3) is 0.588. The highest BCUT2D eigenvalue weighted by Gasteiger charge is 2.38. The standard InChI is InChI=1S/C17H20N4O/c1-2-13(11-3-4-11)15(18-7-1)17-19-16(20-22-17)14-10-21-8-5-12(14)6-9-21/h1-2,7,11-12,14H,3-6,8-10H2. The van der Waals surface area contributed by atoms with Crippen molar-refractivity contribution in [3.8, 4) is 11.6 Å². The first kappa shape index (κ1) is 12.8. The minimum Gasteiger partial charge on any atom is -0.332 e. The summed E-state index contributed by atoms with van der Waals surface area (Å²) in [5.74, 6) is 3.29. The van der Waals surface area contributed by atoms with Crippen molar-refractivity contribution in [1.82, 2.24) is 20.0 Å². The Labute approximate surface area is 129 Å². The molecule has 1 saturated carbocycles. The maximum absolute atomic E-state index is 5.59. The molecule has 5 nitrogen and oxygen atoms in total. The maximum Gasteiger partial charge on any atom is 0.276 e. The molecule has 1 unspecified atom stereocenters. The van der Waals surface area contributed by atoms with E-state index >= 15 is 0 Å². The Kier molecular flexibility index (Phi) is 2.83. The van der Waals surface area contributed by atoms with Gasteiger partial charge in [0, 0.05) is 18.7 Å². The van der Waals surface area contributed by atoms with Crippen molar-refractivity contribution < 1.29 is 4.52 Å². The lowest BCUT2D eigenvalue weighted by atomic mass is 9.79. The zero-order valence-electron chi connectivity index (χ0n) is 12.6. The van der Waals surface area contributed by atoms with Crippen LogP contribution in [0.4, 0.5) is 0 Å². The van der Waals surface area contributed by atoms with E-state index in [-0.39, 0.29) is 0 Å². The van der Waals surface area contributed by atoms with E-state index in [1.54, 1.807) is 0 Å². The van der Waals surface area contributed by atoms with Crippen LogP contribution in [0.25, 0.3) is 11.6 Å². The molecule has 4 fully saturated rings. The van der Waals surface area contributed by atoms with Crippen LogP contribution in [0.15, 0.2) is 22.9 Å². The van der Waals surface area contributed by atoms with Gasteiger partial charge in [-0.2, -0.15) is 4.98 Å². The molecule has 0 radical (unpaired) electrons. The number of pyridine rings is 1. The minimum atomic E-state index is 0.438. The first-order valence-corrected chi connectivity index (χ1v) is 8.40. The number of aromatic nitrogens is 3. The molecule has 0 aromatic carbocycles. The summed E-state index contributed by atoms with van der Waals surface area (Å²) in [6.07, 6.45) is 6.86. The molecule has 3 saturated heterocycles. The SMILES string of the molecule is c1cnc(-c2nc(C3CN4CCC3CC4)no2)c(C2CC2)c1. The fourth-order valence-electron chi connectivity index (χ4n) is 4.06. The molecule has 3 aliphatic heterocycles. The van der Waals surface area contributed by atoms with E-state index in [1.807, 2.05) is 12.3 Å². The Bertz CT molecular complexity index is 685. The van der Waals surface area contributed by atoms with E-state index in [0.717, 1.165) is 24.0 Å². The van der Waals surface area contributed by atoms with Gasteiger partial charge < -0.3 is 9.42 Å². The number of rotatable bonds is 3. The molecule has 1 atom stereocenters. The van der Waals surface area contributed by atoms with Gasteiger partial charge in [-0.15, -0.1) is 0 Å². The number of nitrogens with zero attached hydrogens (tertiary/aromatic N) is 4. The van der Waals surface area contributed by atoms with Gasteiger partial charge in [-0.05, 0) is 62.2 Å². The molecule has 0 spiro atoms. The molecule has 2 aromatic rings. The predicted octanol–water partition coefficient (Wildman–Crippen LogP) is 2.82. The van der Waals surface area contributed by atoms with Crippen LogP contribution in [0.3, 0.4) is 0 Å². The normalized spacial score (nSPS) is 30.6. The van der Waals surface area contributed by atoms with Gasteiger partial charge in [0.05, 0.1) is 0 Å². The highest BCUT2D eigenvalue weighted by molar-refractivity contribution is 5.55. The average Bonchev–Trinajstić information content (AvgIpc) is 3.32. The van der Waals surface area contributed by atoms with E-state index < -0.39 is 0 Å². The van der Waals surface area contributed by atoms with Crippen molar-refractivity contribution in [2.24, 2.45) is 5.92 Å². The molecule has 0 N–H and O–H groups in total. The number of hydrogen-bond donors (Lipinski definition) is 0. The maximum atomic E-state index is 5.59. The van der Waals surface area contributed by atoms with E-state index in [9.17, 15) is 0 Å². The number of piperidine rings is 3. The molecule has 2 bridgehead atoms. The summed E-state index contributed by atoms with van der Waals surface area (Å²) in [6.45, 7) is 3.55. The lowest BCUT2D eigenvalue weighted by Crippen LogP contribution is -2.46. The predicted molar refractivity (Wildman–Crippen MR) is 81.4 cm³/mol. The largest absolute Gasteiger partial charge is 0.332 e.